The maximum Gasteiger partial charge on any atom is 0.303 e. The van der Waals surface area contributed by atoms with Crippen molar-refractivity contribution < 1.29 is 101 Å². The van der Waals surface area contributed by atoms with Gasteiger partial charge in [0.05, 0.1) is 45.2 Å². The largest absolute Gasteiger partial charge is 0.497 e. The van der Waals surface area contributed by atoms with Gasteiger partial charge in [-0.25, -0.2) is 4.39 Å². The minimum atomic E-state index is -1.67. The van der Waals surface area contributed by atoms with E-state index in [1.165, 1.54) is 44.9 Å². The van der Waals surface area contributed by atoms with Gasteiger partial charge in [0.1, 0.15) is 66.6 Å². The third-order valence-electron chi connectivity index (χ3n) is 22.1. The molecule has 34 nitrogen and oxygen atoms in total. The molecule has 0 saturated carbocycles. The van der Waals surface area contributed by atoms with Crippen LogP contribution in [0.15, 0.2) is 97.2 Å². The van der Waals surface area contributed by atoms with Crippen molar-refractivity contribution in [1.82, 2.24) is 72.4 Å². The molecule has 656 valence electrons. The van der Waals surface area contributed by atoms with Gasteiger partial charge in [-0.1, -0.05) is 73.5 Å². The number of hydrogen-bond acceptors (Lipinski definition) is 19. The van der Waals surface area contributed by atoms with Crippen LogP contribution in [0.5, 0.6) is 5.75 Å². The lowest BCUT2D eigenvalue weighted by atomic mass is 9.95. The third-order valence-corrected chi connectivity index (χ3v) is 22.1. The van der Waals surface area contributed by atoms with Gasteiger partial charge in [-0.05, 0) is 136 Å². The minimum absolute atomic E-state index is 0.000588. The van der Waals surface area contributed by atoms with Crippen molar-refractivity contribution in [2.75, 3.05) is 79.4 Å². The van der Waals surface area contributed by atoms with Crippen molar-refractivity contribution in [2.45, 2.75) is 217 Å². The summed E-state index contributed by atoms with van der Waals surface area (Å²) in [6.45, 7) is 7.55. The van der Waals surface area contributed by atoms with Crippen LogP contribution in [0.4, 0.5) is 4.39 Å². The first-order valence-corrected chi connectivity index (χ1v) is 41.4. The molecule has 1 aromatic heterocycles. The Labute approximate surface area is 702 Å². The van der Waals surface area contributed by atoms with Gasteiger partial charge >= 0.3 is 5.97 Å². The Bertz CT molecular complexity index is 4470. The van der Waals surface area contributed by atoms with Crippen LogP contribution >= 0.6 is 0 Å². The number of aliphatic hydroxyl groups is 1. The number of halogens is 1. The van der Waals surface area contributed by atoms with Gasteiger partial charge < -0.3 is 102 Å². The van der Waals surface area contributed by atoms with Crippen LogP contribution < -0.4 is 57.9 Å². The summed E-state index contributed by atoms with van der Waals surface area (Å²) in [6.07, 6.45) is 3.08. The van der Waals surface area contributed by atoms with Crippen LogP contribution in [0.1, 0.15) is 145 Å². The standard InChI is InChI=1S/C86H115FN14O20/c1-53-79(111)97-69(48-91-74(106)51-120-41-40-119-39-34-88-72(104)16-12-17-77(109)110)81(113)94-66-44-60-14-11-15-61(42-60)47-90-75(107)52-121-71-31-38-100(54(71)2)83(115)68(95-80(66)112)45-62-50-98(70-27-24-63(87)46-65(62)70)35-9-7-8-10-36-99(76(108)29-28-73(105)92-53)49-59-20-18-57(19-21-59)30-33-89-85(117)86(5)32-13-37-101(86)84(116)67(43-58-22-25-64(118-6)26-23-58)96-82(114)78(55(3)102)93-56(4)103/h11,14-15,18-27,42,46,50,53-55,66-69,71,78,102H,7-10,12-13,16-17,28-41,43-45,47-49,51-52H2,1-6H3,(H,88,104)(H,89,117)(H,90,107)(H,91,106)(H,92,105)(H,93,103)(H,94,113)(H,95,112)(H,96,114)(H,97,111)(H,109,110)/t53-,54?,55+,66-,67-,68-,69+,71-,78-,86-/m0/s1. The first kappa shape index (κ1) is 93.4. The summed E-state index contributed by atoms with van der Waals surface area (Å²) in [5.74, 6) is -9.08. The second-order valence-electron chi connectivity index (χ2n) is 31.4. The number of ether oxygens (including phenoxy) is 4. The lowest BCUT2D eigenvalue weighted by Gasteiger charge is -2.36. The highest BCUT2D eigenvalue weighted by Gasteiger charge is 2.48. The lowest BCUT2D eigenvalue weighted by molar-refractivity contribution is -0.146. The van der Waals surface area contributed by atoms with Crippen LogP contribution in [-0.4, -0.2) is 252 Å². The average Bonchev–Trinajstić information content (AvgIpc) is 1.69. The normalized spacial score (nSPS) is 21.6. The monoisotopic (exact) mass is 1680 g/mol. The van der Waals surface area contributed by atoms with Crippen LogP contribution in [0.3, 0.4) is 0 Å². The zero-order chi connectivity index (χ0) is 87.3. The van der Waals surface area contributed by atoms with Crippen LogP contribution in [0.2, 0.25) is 0 Å². The number of carbonyl (C=O) groups excluding carboxylic acids is 13. The molecule has 121 heavy (non-hydrogen) atoms. The molecule has 35 heteroatoms. The molecule has 0 radical (unpaired) electrons. The molecule has 1 unspecified atom stereocenters. The molecule has 4 aromatic carbocycles. The molecule has 9 rings (SSSR count). The zero-order valence-corrected chi connectivity index (χ0v) is 69.6. The molecule has 0 aliphatic carbocycles. The van der Waals surface area contributed by atoms with E-state index in [9.17, 15) is 57.8 Å². The number of rotatable bonds is 28. The van der Waals surface area contributed by atoms with Crippen molar-refractivity contribution in [1.29, 1.82) is 0 Å². The van der Waals surface area contributed by atoms with E-state index in [2.05, 4.69) is 53.2 Å². The van der Waals surface area contributed by atoms with Crippen molar-refractivity contribution in [3.05, 3.63) is 136 Å². The Kier molecular flexibility index (Phi) is 35.4. The van der Waals surface area contributed by atoms with Crippen molar-refractivity contribution >= 4 is 93.7 Å². The molecule has 2 saturated heterocycles. The molecule has 10 atom stereocenters. The number of nitrogens with one attached hydrogen (secondary N) is 10. The van der Waals surface area contributed by atoms with E-state index in [0.717, 1.165) is 11.1 Å². The summed E-state index contributed by atoms with van der Waals surface area (Å²) >= 11 is 0. The number of carboxylic acids is 1. The Balaban J connectivity index is 0.917. The zero-order valence-electron chi connectivity index (χ0n) is 69.6. The first-order chi connectivity index (χ1) is 57.9. The highest BCUT2D eigenvalue weighted by molar-refractivity contribution is 5.99. The highest BCUT2D eigenvalue weighted by Crippen LogP contribution is 2.32. The van der Waals surface area contributed by atoms with E-state index >= 15 is 18.8 Å². The Hall–Kier alpha value is -11.4. The Morgan fingerprint density at radius 3 is 2.16 bits per heavy atom. The first-order valence-electron chi connectivity index (χ1n) is 41.4. The number of aromatic nitrogens is 1. The average molecular weight is 1680 g/mol. The minimum Gasteiger partial charge on any atom is -0.497 e. The quantitative estimate of drug-likeness (QED) is 0.0317. The van der Waals surface area contributed by atoms with E-state index < -0.39 is 150 Å². The van der Waals surface area contributed by atoms with Crippen molar-refractivity contribution in [3.63, 3.8) is 0 Å². The van der Waals surface area contributed by atoms with Gasteiger partial charge in [0.2, 0.25) is 76.8 Å². The molecular formula is C86H115FN14O20. The maximum atomic E-state index is 15.6. The van der Waals surface area contributed by atoms with E-state index in [1.54, 1.807) is 78.2 Å². The number of nitrogens with zero attached hydrogens (tertiary/aromatic N) is 4. The van der Waals surface area contributed by atoms with Gasteiger partial charge in [-0.2, -0.15) is 0 Å². The summed E-state index contributed by atoms with van der Waals surface area (Å²) in [5.41, 5.74) is 3.25. The van der Waals surface area contributed by atoms with Crippen LogP contribution in [0.25, 0.3) is 10.9 Å². The predicted octanol–water partition coefficient (Wildman–Crippen LogP) is 1.73. The number of aliphatic carboxylic acids is 1. The molecular weight excluding hydrogens is 1570 g/mol. The summed E-state index contributed by atoms with van der Waals surface area (Å²) in [5, 5.41) is 47.0. The van der Waals surface area contributed by atoms with Gasteiger partial charge in [0.25, 0.3) is 0 Å². The predicted molar refractivity (Wildman–Crippen MR) is 439 cm³/mol. The fourth-order valence-electron chi connectivity index (χ4n) is 15.3. The fourth-order valence-corrected chi connectivity index (χ4v) is 15.3. The molecule has 5 aromatic rings. The third kappa shape index (κ3) is 28.1. The molecule has 12 N–H and O–H groups in total. The summed E-state index contributed by atoms with van der Waals surface area (Å²) in [4.78, 5) is 197. The lowest BCUT2D eigenvalue weighted by Crippen LogP contribution is -2.62. The van der Waals surface area contributed by atoms with Crippen LogP contribution in [-0.2, 0) is 127 Å². The number of aryl methyl sites for hydroxylation is 1. The van der Waals surface area contributed by atoms with E-state index in [1.807, 2.05) is 35.0 Å². The van der Waals surface area contributed by atoms with Gasteiger partial charge in [-0.3, -0.25) is 67.1 Å². The highest BCUT2D eigenvalue weighted by atomic mass is 19.1. The smallest absolute Gasteiger partial charge is 0.303 e. The number of aliphatic hydroxyl groups excluding tert-OH is 1. The summed E-state index contributed by atoms with van der Waals surface area (Å²) in [6, 6.07) is 16.6. The molecule has 5 heterocycles. The molecule has 4 aliphatic rings. The van der Waals surface area contributed by atoms with Crippen molar-refractivity contribution in [3.8, 4) is 5.75 Å². The van der Waals surface area contributed by atoms with E-state index in [-0.39, 0.29) is 135 Å². The topological polar surface area (TPSA) is 451 Å². The molecule has 2 fully saturated rings. The van der Waals surface area contributed by atoms with Crippen molar-refractivity contribution in [2.24, 2.45) is 0 Å². The van der Waals surface area contributed by atoms with Crippen LogP contribution in [0, 0.1) is 5.82 Å². The van der Waals surface area contributed by atoms with Gasteiger partial charge in [0.15, 0.2) is 0 Å². The summed E-state index contributed by atoms with van der Waals surface area (Å²) < 4.78 is 40.0. The molecule has 0 spiro atoms. The number of methoxy groups -OCH3 is 1. The van der Waals surface area contributed by atoms with Gasteiger partial charge in [-0.15, -0.1) is 0 Å². The number of carboxylic acid groups (broad SMARTS) is 1. The number of hydrogen-bond donors (Lipinski definition) is 12. The number of benzene rings is 4. The van der Waals surface area contributed by atoms with E-state index in [0.29, 0.717) is 96.8 Å². The Morgan fingerprint density at radius 2 is 1.42 bits per heavy atom. The number of carbonyl (C=O) groups is 14. The fraction of sp³-hybridized carbons (Fsp3) is 0.535. The number of likely N-dealkylation sites (tertiary alicyclic amines) is 1. The number of amides is 13. The maximum absolute atomic E-state index is 15.6. The van der Waals surface area contributed by atoms with Gasteiger partial charge in [0, 0.05) is 128 Å². The molecule has 4 aliphatic heterocycles. The summed E-state index contributed by atoms with van der Waals surface area (Å²) in [7, 11) is 1.52. The molecule has 13 amide bonds. The van der Waals surface area contributed by atoms with E-state index in [4.69, 9.17) is 24.1 Å². The molecule has 8 bridgehead atoms. The second-order valence-corrected chi connectivity index (χ2v) is 31.4. The Morgan fingerprint density at radius 1 is 0.702 bits per heavy atom. The SMILES string of the molecule is COc1ccc(C[C@H](NC(=O)[C@@H](NC(C)=O)[C@@H](C)O)C(=O)N2CCC[C@@]2(C)C(=O)NCCc2ccc(CN3CCCCCCn4cc(c5cc(F)ccc54)C[C@@H]4NC(=O)[C@H](Cc5cccc(c5)CNC(=O)CO[C@H]5CCN(C4=O)C5C)NC(=O)[C@@H](CNC(=O)COCCOCCNC(=O)CCCC(=O)O)NC(=O)[C@H](C)NC(=O)CCC3=O)cc2)cc1. The second kappa shape index (κ2) is 45.8. The number of fused-ring (bicyclic) bond motifs is 12.